The summed E-state index contributed by atoms with van der Waals surface area (Å²) in [7, 11) is 0. The third-order valence-corrected chi connectivity index (χ3v) is 2.61. The molecule has 68 valence electrons. The van der Waals surface area contributed by atoms with E-state index in [-0.39, 0.29) is 0 Å². The van der Waals surface area contributed by atoms with Crippen LogP contribution in [0.1, 0.15) is 27.2 Å². The van der Waals surface area contributed by atoms with Gasteiger partial charge in [-0.3, -0.25) is 0 Å². The smallest absolute Gasteiger partial charge is 0.0157 e. The van der Waals surface area contributed by atoms with Crippen LogP contribution in [0.2, 0.25) is 0 Å². The number of hydrogen-bond donors (Lipinski definition) is 0. The van der Waals surface area contributed by atoms with Crippen molar-refractivity contribution in [2.45, 2.75) is 27.2 Å². The molecule has 0 nitrogen and oxygen atoms in total. The summed E-state index contributed by atoms with van der Waals surface area (Å²) in [4.78, 5) is 1.45. The maximum atomic E-state index is 2.19. The highest BCUT2D eigenvalue weighted by atomic mass is 32.2. The van der Waals surface area contributed by atoms with E-state index in [1.54, 1.807) is 0 Å². The van der Waals surface area contributed by atoms with Crippen molar-refractivity contribution in [2.24, 2.45) is 0 Å². The van der Waals surface area contributed by atoms with E-state index in [9.17, 15) is 0 Å². The fraction of sp³-hybridized carbons (Fsp3) is 0.455. The lowest BCUT2D eigenvalue weighted by atomic mass is 10.3. The standard InChI is InChI=1S/C11H18S/c1-4-7-9-11(6-3)12-10-8-5-2/h4-8H,9-10H2,1-3H3/b7-4-,8-5-,11-6+. The lowest BCUT2D eigenvalue weighted by molar-refractivity contribution is 1.33. The second-order valence-corrected chi connectivity index (χ2v) is 3.55. The van der Waals surface area contributed by atoms with Crippen LogP contribution < -0.4 is 0 Å². The number of allylic oxidation sites excluding steroid dienone is 5. The molecule has 0 unspecified atom stereocenters. The van der Waals surface area contributed by atoms with E-state index in [0.717, 1.165) is 12.2 Å². The van der Waals surface area contributed by atoms with Gasteiger partial charge in [-0.1, -0.05) is 30.4 Å². The van der Waals surface area contributed by atoms with E-state index < -0.39 is 0 Å². The predicted octanol–water partition coefficient (Wildman–Crippen LogP) is 4.17. The SMILES string of the molecule is C/C=C\CS/C(=C/C)C/C=C\C. The monoisotopic (exact) mass is 182 g/mol. The number of hydrogen-bond acceptors (Lipinski definition) is 1. The van der Waals surface area contributed by atoms with Crippen LogP contribution in [0.5, 0.6) is 0 Å². The van der Waals surface area contributed by atoms with Gasteiger partial charge in [0, 0.05) is 5.75 Å². The molecule has 0 rings (SSSR count). The van der Waals surface area contributed by atoms with E-state index >= 15 is 0 Å². The quantitative estimate of drug-likeness (QED) is 0.575. The van der Waals surface area contributed by atoms with Crippen molar-refractivity contribution in [1.82, 2.24) is 0 Å². The zero-order valence-electron chi connectivity index (χ0n) is 8.21. The van der Waals surface area contributed by atoms with Crippen LogP contribution in [0.15, 0.2) is 35.3 Å². The third kappa shape index (κ3) is 6.29. The van der Waals surface area contributed by atoms with E-state index in [1.165, 1.54) is 4.91 Å². The maximum Gasteiger partial charge on any atom is 0.0157 e. The molecule has 0 aliphatic carbocycles. The summed E-state index contributed by atoms with van der Waals surface area (Å²) in [6.45, 7) is 6.22. The predicted molar refractivity (Wildman–Crippen MR) is 60.5 cm³/mol. The molecule has 0 bridgehead atoms. The van der Waals surface area contributed by atoms with Crippen LogP contribution >= 0.6 is 11.8 Å². The molecule has 0 saturated carbocycles. The van der Waals surface area contributed by atoms with Crippen molar-refractivity contribution in [3.8, 4) is 0 Å². The number of rotatable bonds is 5. The molecule has 0 N–H and O–H groups in total. The molecule has 12 heavy (non-hydrogen) atoms. The molecule has 0 amide bonds. The molecule has 0 saturated heterocycles. The van der Waals surface area contributed by atoms with Gasteiger partial charge in [0.2, 0.25) is 0 Å². The van der Waals surface area contributed by atoms with Crippen LogP contribution in [0.3, 0.4) is 0 Å². The molecular formula is C11H18S. The summed E-state index contributed by atoms with van der Waals surface area (Å²) in [5, 5.41) is 0. The minimum absolute atomic E-state index is 1.08. The van der Waals surface area contributed by atoms with Gasteiger partial charge in [0.05, 0.1) is 0 Å². The van der Waals surface area contributed by atoms with Gasteiger partial charge < -0.3 is 0 Å². The zero-order chi connectivity index (χ0) is 9.23. The number of thioether (sulfide) groups is 1. The van der Waals surface area contributed by atoms with Crippen molar-refractivity contribution in [3.05, 3.63) is 35.3 Å². The molecule has 0 aromatic heterocycles. The molecule has 0 aromatic rings. The Morgan fingerprint density at radius 2 is 1.75 bits per heavy atom. The Labute approximate surface area is 80.4 Å². The van der Waals surface area contributed by atoms with Gasteiger partial charge in [0.25, 0.3) is 0 Å². The minimum atomic E-state index is 1.08. The first-order valence-electron chi connectivity index (χ1n) is 4.35. The molecule has 0 aliphatic rings. The molecule has 0 heterocycles. The zero-order valence-corrected chi connectivity index (χ0v) is 9.03. The van der Waals surface area contributed by atoms with Crippen LogP contribution in [-0.2, 0) is 0 Å². The van der Waals surface area contributed by atoms with Gasteiger partial charge in [0.15, 0.2) is 0 Å². The summed E-state index contributed by atoms with van der Waals surface area (Å²) >= 11 is 1.91. The lowest BCUT2D eigenvalue weighted by Crippen LogP contribution is -1.76. The van der Waals surface area contributed by atoms with Gasteiger partial charge in [0.1, 0.15) is 0 Å². The minimum Gasteiger partial charge on any atom is -0.126 e. The lowest BCUT2D eigenvalue weighted by Gasteiger charge is -1.99. The molecule has 1 heteroatoms. The van der Waals surface area contributed by atoms with Crippen LogP contribution in [0.4, 0.5) is 0 Å². The van der Waals surface area contributed by atoms with Crippen molar-refractivity contribution >= 4 is 11.8 Å². The first kappa shape index (κ1) is 11.6. The average Bonchev–Trinajstić information content (AvgIpc) is 2.11. The molecule has 0 radical (unpaired) electrons. The van der Waals surface area contributed by atoms with Crippen molar-refractivity contribution < 1.29 is 0 Å². The Bertz CT molecular complexity index is 175. The Morgan fingerprint density at radius 1 is 1.08 bits per heavy atom. The summed E-state index contributed by atoms with van der Waals surface area (Å²) in [5.74, 6) is 1.09. The first-order chi connectivity index (χ1) is 5.85. The summed E-state index contributed by atoms with van der Waals surface area (Å²) in [5.41, 5.74) is 0. The average molecular weight is 182 g/mol. The highest BCUT2D eigenvalue weighted by Gasteiger charge is 1.91. The van der Waals surface area contributed by atoms with Crippen LogP contribution in [0.25, 0.3) is 0 Å². The van der Waals surface area contributed by atoms with Crippen LogP contribution in [-0.4, -0.2) is 5.75 Å². The van der Waals surface area contributed by atoms with E-state index in [2.05, 4.69) is 51.2 Å². The Hall–Kier alpha value is -0.430. The molecule has 0 aliphatic heterocycles. The Morgan fingerprint density at radius 3 is 2.25 bits per heavy atom. The second-order valence-electron chi connectivity index (χ2n) is 2.41. The molecule has 0 fully saturated rings. The second kappa shape index (κ2) is 8.66. The van der Waals surface area contributed by atoms with Crippen molar-refractivity contribution in [3.63, 3.8) is 0 Å². The first-order valence-corrected chi connectivity index (χ1v) is 5.34. The maximum absolute atomic E-state index is 2.19. The molecule has 0 atom stereocenters. The molecule has 0 aromatic carbocycles. The Balaban J connectivity index is 3.69. The third-order valence-electron chi connectivity index (χ3n) is 1.48. The van der Waals surface area contributed by atoms with E-state index in [1.807, 2.05) is 11.8 Å². The van der Waals surface area contributed by atoms with E-state index in [4.69, 9.17) is 0 Å². The summed E-state index contributed by atoms with van der Waals surface area (Å²) in [6.07, 6.45) is 11.8. The van der Waals surface area contributed by atoms with Crippen molar-refractivity contribution in [2.75, 3.05) is 5.75 Å². The van der Waals surface area contributed by atoms with Gasteiger partial charge in [-0.15, -0.1) is 11.8 Å². The van der Waals surface area contributed by atoms with Gasteiger partial charge >= 0.3 is 0 Å². The highest BCUT2D eigenvalue weighted by molar-refractivity contribution is 8.03. The highest BCUT2D eigenvalue weighted by Crippen LogP contribution is 2.19. The Kier molecular flexibility index (Phi) is 8.35. The van der Waals surface area contributed by atoms with Crippen molar-refractivity contribution in [1.29, 1.82) is 0 Å². The van der Waals surface area contributed by atoms with Crippen LogP contribution in [0, 0.1) is 0 Å². The fourth-order valence-electron chi connectivity index (χ4n) is 0.745. The van der Waals surface area contributed by atoms with Gasteiger partial charge in [-0.05, 0) is 32.1 Å². The van der Waals surface area contributed by atoms with Gasteiger partial charge in [-0.25, -0.2) is 0 Å². The summed E-state index contributed by atoms with van der Waals surface area (Å²) < 4.78 is 0. The fourth-order valence-corrected chi connectivity index (χ4v) is 1.63. The molecular weight excluding hydrogens is 164 g/mol. The normalized spacial score (nSPS) is 13.4. The summed E-state index contributed by atoms with van der Waals surface area (Å²) in [6, 6.07) is 0. The van der Waals surface area contributed by atoms with Gasteiger partial charge in [-0.2, -0.15) is 0 Å². The molecule has 0 spiro atoms. The van der Waals surface area contributed by atoms with E-state index in [0.29, 0.717) is 0 Å². The largest absolute Gasteiger partial charge is 0.126 e. The topological polar surface area (TPSA) is 0 Å².